The first-order chi connectivity index (χ1) is 17.7. The van der Waals surface area contributed by atoms with Gasteiger partial charge in [0.25, 0.3) is 0 Å². The fourth-order valence-corrected chi connectivity index (χ4v) is 3.38. The van der Waals surface area contributed by atoms with Crippen molar-refractivity contribution in [1.29, 1.82) is 0 Å². The summed E-state index contributed by atoms with van der Waals surface area (Å²) in [7, 11) is 0. The first kappa shape index (κ1) is 31.8. The molecule has 0 heterocycles. The third-order valence-corrected chi connectivity index (χ3v) is 5.83. The Kier molecular flexibility index (Phi) is 12.7. The van der Waals surface area contributed by atoms with E-state index in [1.54, 1.807) is 13.8 Å². The Morgan fingerprint density at radius 3 is 1.97 bits per heavy atom. The van der Waals surface area contributed by atoms with Crippen LogP contribution in [0.15, 0.2) is 24.3 Å². The Bertz CT molecular complexity index is 1020. The molecular formula is C24H35N5O9. The molecule has 210 valence electrons. The number of aliphatic carboxylic acids is 2. The minimum Gasteiger partial charge on any atom is -0.508 e. The quantitative estimate of drug-likeness (QED) is 0.122. The summed E-state index contributed by atoms with van der Waals surface area (Å²) in [5.74, 6) is -6.56. The van der Waals surface area contributed by atoms with Crippen molar-refractivity contribution in [3.05, 3.63) is 29.8 Å². The maximum absolute atomic E-state index is 13.1. The third kappa shape index (κ3) is 10.8. The number of carboxylic acids is 2. The second-order valence-electron chi connectivity index (χ2n) is 8.91. The molecular weight excluding hydrogens is 502 g/mol. The molecule has 0 aliphatic heterocycles. The number of aromatic hydroxyl groups is 1. The van der Waals surface area contributed by atoms with Crippen molar-refractivity contribution in [3.8, 4) is 5.75 Å². The fraction of sp³-hybridized carbons (Fsp3) is 0.500. The highest BCUT2D eigenvalue weighted by atomic mass is 16.4. The van der Waals surface area contributed by atoms with Crippen LogP contribution in [0.5, 0.6) is 5.75 Å². The van der Waals surface area contributed by atoms with Gasteiger partial charge in [0.05, 0.1) is 12.5 Å². The number of carbonyl (C=O) groups is 6. The topological polar surface area (TPSA) is 251 Å². The Hall–Kier alpha value is -4.20. The van der Waals surface area contributed by atoms with Gasteiger partial charge in [0.2, 0.25) is 23.6 Å². The van der Waals surface area contributed by atoms with Crippen LogP contribution in [0.4, 0.5) is 0 Å². The summed E-state index contributed by atoms with van der Waals surface area (Å²) < 4.78 is 0. The monoisotopic (exact) mass is 537 g/mol. The number of hydrogen-bond acceptors (Lipinski definition) is 8. The zero-order valence-electron chi connectivity index (χ0n) is 21.2. The summed E-state index contributed by atoms with van der Waals surface area (Å²) in [6, 6.07) is 0.373. The van der Waals surface area contributed by atoms with E-state index in [2.05, 4.69) is 16.0 Å². The fourth-order valence-electron chi connectivity index (χ4n) is 3.38. The van der Waals surface area contributed by atoms with Gasteiger partial charge in [-0.1, -0.05) is 32.4 Å². The molecule has 1 aromatic carbocycles. The van der Waals surface area contributed by atoms with Crippen molar-refractivity contribution >= 4 is 35.6 Å². The number of hydrogen-bond donors (Lipinski definition) is 8. The highest BCUT2D eigenvalue weighted by Crippen LogP contribution is 2.13. The largest absolute Gasteiger partial charge is 0.508 e. The number of phenols is 1. The second kappa shape index (κ2) is 15.1. The van der Waals surface area contributed by atoms with Crippen LogP contribution in [0.2, 0.25) is 0 Å². The van der Waals surface area contributed by atoms with E-state index in [0.29, 0.717) is 12.0 Å². The molecule has 0 saturated heterocycles. The maximum Gasteiger partial charge on any atom is 0.326 e. The SMILES string of the molecule is CCC(C)C(NC(=O)C(CC(N)=O)NC(=O)C(N)CCC(=O)O)C(=O)NC(Cc1ccc(O)cc1)C(=O)O. The van der Waals surface area contributed by atoms with E-state index in [0.717, 1.165) is 0 Å². The molecule has 0 bridgehead atoms. The minimum atomic E-state index is -1.51. The smallest absolute Gasteiger partial charge is 0.326 e. The molecule has 0 saturated carbocycles. The number of carbonyl (C=O) groups excluding carboxylic acids is 4. The molecule has 1 rings (SSSR count). The summed E-state index contributed by atoms with van der Waals surface area (Å²) in [6.45, 7) is 3.39. The van der Waals surface area contributed by atoms with Gasteiger partial charge in [-0.15, -0.1) is 0 Å². The number of phenolic OH excluding ortho intramolecular Hbond substituents is 1. The summed E-state index contributed by atoms with van der Waals surface area (Å²) in [6.07, 6.45) is -0.942. The van der Waals surface area contributed by atoms with E-state index in [1.165, 1.54) is 24.3 Å². The van der Waals surface area contributed by atoms with E-state index >= 15 is 0 Å². The standard InChI is InChI=1S/C24H35N5O9/c1-3-12(2)20(23(36)28-17(24(37)38)10-13-4-6-14(30)7-5-13)29-22(35)16(11-18(26)31)27-21(34)15(25)8-9-19(32)33/h4-7,12,15-17,20,30H,3,8-11,25H2,1-2H3,(H2,26,31)(H,27,34)(H,28,36)(H,29,35)(H,32,33)(H,37,38). The Morgan fingerprint density at radius 2 is 1.47 bits per heavy atom. The van der Waals surface area contributed by atoms with Crippen molar-refractivity contribution in [2.24, 2.45) is 17.4 Å². The van der Waals surface area contributed by atoms with Crippen molar-refractivity contribution < 1.29 is 44.1 Å². The minimum absolute atomic E-state index is 0.00958. The predicted octanol–water partition coefficient (Wildman–Crippen LogP) is -1.41. The van der Waals surface area contributed by atoms with Gasteiger partial charge < -0.3 is 42.7 Å². The van der Waals surface area contributed by atoms with Gasteiger partial charge in [-0.05, 0) is 30.0 Å². The zero-order valence-corrected chi connectivity index (χ0v) is 21.2. The molecule has 14 nitrogen and oxygen atoms in total. The lowest BCUT2D eigenvalue weighted by Crippen LogP contribution is -2.59. The Morgan fingerprint density at radius 1 is 0.895 bits per heavy atom. The van der Waals surface area contributed by atoms with Crippen LogP contribution in [0, 0.1) is 5.92 Å². The number of benzene rings is 1. The van der Waals surface area contributed by atoms with Crippen molar-refractivity contribution in [3.63, 3.8) is 0 Å². The molecule has 0 radical (unpaired) electrons. The first-order valence-corrected chi connectivity index (χ1v) is 11.9. The van der Waals surface area contributed by atoms with Gasteiger partial charge in [0, 0.05) is 12.8 Å². The van der Waals surface area contributed by atoms with Crippen molar-refractivity contribution in [1.82, 2.24) is 16.0 Å². The second-order valence-corrected chi connectivity index (χ2v) is 8.91. The van der Waals surface area contributed by atoms with E-state index in [9.17, 15) is 39.0 Å². The van der Waals surface area contributed by atoms with E-state index in [-0.39, 0.29) is 18.6 Å². The van der Waals surface area contributed by atoms with Gasteiger partial charge >= 0.3 is 11.9 Å². The molecule has 5 unspecified atom stereocenters. The van der Waals surface area contributed by atoms with Crippen LogP contribution < -0.4 is 27.4 Å². The van der Waals surface area contributed by atoms with Gasteiger partial charge in [-0.3, -0.25) is 24.0 Å². The third-order valence-electron chi connectivity index (χ3n) is 5.83. The lowest BCUT2D eigenvalue weighted by molar-refractivity contribution is -0.142. The first-order valence-electron chi connectivity index (χ1n) is 11.9. The highest BCUT2D eigenvalue weighted by molar-refractivity contribution is 5.96. The van der Waals surface area contributed by atoms with Crippen LogP contribution >= 0.6 is 0 Å². The molecule has 0 aromatic heterocycles. The van der Waals surface area contributed by atoms with Crippen molar-refractivity contribution in [2.75, 3.05) is 0 Å². The van der Waals surface area contributed by atoms with Gasteiger partial charge in [0.15, 0.2) is 0 Å². The number of nitrogens with two attached hydrogens (primary N) is 2. The number of nitrogens with one attached hydrogen (secondary N) is 3. The van der Waals surface area contributed by atoms with Gasteiger partial charge in [-0.25, -0.2) is 4.79 Å². The van der Waals surface area contributed by atoms with Crippen LogP contribution in [0.1, 0.15) is 45.1 Å². The Balaban J connectivity index is 3.03. The van der Waals surface area contributed by atoms with Crippen LogP contribution in [0.3, 0.4) is 0 Å². The average molecular weight is 538 g/mol. The molecule has 10 N–H and O–H groups in total. The molecule has 0 spiro atoms. The summed E-state index contributed by atoms with van der Waals surface area (Å²) >= 11 is 0. The predicted molar refractivity (Wildman–Crippen MR) is 133 cm³/mol. The molecule has 0 aliphatic rings. The molecule has 0 aliphatic carbocycles. The molecule has 14 heteroatoms. The van der Waals surface area contributed by atoms with Crippen LogP contribution in [-0.2, 0) is 35.2 Å². The molecule has 38 heavy (non-hydrogen) atoms. The summed E-state index contributed by atoms with van der Waals surface area (Å²) in [5, 5.41) is 34.9. The van der Waals surface area contributed by atoms with Crippen LogP contribution in [0.25, 0.3) is 0 Å². The van der Waals surface area contributed by atoms with Crippen molar-refractivity contribution in [2.45, 2.75) is 70.1 Å². The number of amides is 4. The van der Waals surface area contributed by atoms with E-state index in [1.807, 2.05) is 0 Å². The highest BCUT2D eigenvalue weighted by Gasteiger charge is 2.33. The van der Waals surface area contributed by atoms with E-state index in [4.69, 9.17) is 16.6 Å². The summed E-state index contributed by atoms with van der Waals surface area (Å²) in [5.41, 5.74) is 11.4. The molecule has 1 aromatic rings. The lowest BCUT2D eigenvalue weighted by Gasteiger charge is -2.28. The maximum atomic E-state index is 13.1. The summed E-state index contributed by atoms with van der Waals surface area (Å²) in [4.78, 5) is 72.5. The van der Waals surface area contributed by atoms with Gasteiger partial charge in [-0.2, -0.15) is 0 Å². The molecule has 0 fully saturated rings. The zero-order chi connectivity index (χ0) is 29.0. The lowest BCUT2D eigenvalue weighted by atomic mass is 9.96. The van der Waals surface area contributed by atoms with Gasteiger partial charge in [0.1, 0.15) is 23.9 Å². The molecule has 5 atom stereocenters. The normalized spacial score (nSPS) is 14.7. The van der Waals surface area contributed by atoms with Crippen LogP contribution in [-0.4, -0.2) is 75.1 Å². The number of carboxylic acid groups (broad SMARTS) is 2. The Labute approximate surface area is 219 Å². The average Bonchev–Trinajstić information content (AvgIpc) is 2.84. The van der Waals surface area contributed by atoms with E-state index < -0.39 is 78.5 Å². The number of primary amides is 1. The number of rotatable bonds is 16. The molecule has 4 amide bonds.